The smallest absolute Gasteiger partial charge is 0.331 e. The molecule has 0 aromatic heterocycles. The van der Waals surface area contributed by atoms with Crippen molar-refractivity contribution in [2.75, 3.05) is 6.61 Å². The molecular formula is C17H23NO4. The Bertz CT molecular complexity index is 499. The van der Waals surface area contributed by atoms with E-state index in [9.17, 15) is 14.4 Å². The Morgan fingerprint density at radius 1 is 1.09 bits per heavy atom. The van der Waals surface area contributed by atoms with Gasteiger partial charge >= 0.3 is 5.97 Å². The molecule has 0 amide bonds. The summed E-state index contributed by atoms with van der Waals surface area (Å²) in [6.07, 6.45) is 4.05. The van der Waals surface area contributed by atoms with Crippen LogP contribution in [0, 0.1) is 0 Å². The minimum Gasteiger partial charge on any atom is -0.456 e. The van der Waals surface area contributed by atoms with Gasteiger partial charge in [-0.1, -0.05) is 56.5 Å². The normalized spacial score (nSPS) is 11.7. The molecule has 1 rings (SSSR count). The lowest BCUT2D eigenvalue weighted by atomic mass is 10.1. The summed E-state index contributed by atoms with van der Waals surface area (Å²) in [5.41, 5.74) is 6.02. The van der Waals surface area contributed by atoms with Crippen LogP contribution in [0.25, 0.3) is 0 Å². The average Bonchev–Trinajstić information content (AvgIpc) is 2.56. The van der Waals surface area contributed by atoms with Gasteiger partial charge in [-0.05, 0) is 6.42 Å². The van der Waals surface area contributed by atoms with E-state index < -0.39 is 18.6 Å². The number of benzene rings is 1. The fourth-order valence-corrected chi connectivity index (χ4v) is 1.95. The molecule has 5 nitrogen and oxygen atoms in total. The van der Waals surface area contributed by atoms with Gasteiger partial charge in [0.15, 0.2) is 24.2 Å². The highest BCUT2D eigenvalue weighted by Gasteiger charge is 2.23. The number of nitrogens with two attached hydrogens (primary N) is 1. The highest BCUT2D eigenvalue weighted by Crippen LogP contribution is 2.05. The number of carbonyl (C=O) groups excluding carboxylic acids is 3. The number of hydrogen-bond acceptors (Lipinski definition) is 5. The van der Waals surface area contributed by atoms with Crippen LogP contribution in [0.4, 0.5) is 0 Å². The maximum atomic E-state index is 11.8. The summed E-state index contributed by atoms with van der Waals surface area (Å²) in [5, 5.41) is 0. The summed E-state index contributed by atoms with van der Waals surface area (Å²) in [6, 6.07) is 7.20. The highest BCUT2D eigenvalue weighted by atomic mass is 16.5. The third kappa shape index (κ3) is 6.18. The van der Waals surface area contributed by atoms with Crippen LogP contribution in [-0.2, 0) is 14.3 Å². The number of Topliss-reactive ketones (excluding diaryl/α,β-unsaturated/α-hetero) is 2. The first-order chi connectivity index (χ1) is 10.6. The lowest BCUT2D eigenvalue weighted by Gasteiger charge is -2.10. The van der Waals surface area contributed by atoms with Crippen molar-refractivity contribution in [1.29, 1.82) is 0 Å². The molecule has 0 radical (unpaired) electrons. The molecule has 5 heteroatoms. The summed E-state index contributed by atoms with van der Waals surface area (Å²) >= 11 is 0. The van der Waals surface area contributed by atoms with Crippen LogP contribution in [0.15, 0.2) is 30.3 Å². The number of ether oxygens (including phenoxy) is 1. The van der Waals surface area contributed by atoms with E-state index in [1.165, 1.54) is 0 Å². The summed E-state index contributed by atoms with van der Waals surface area (Å²) in [5.74, 6) is -1.51. The zero-order valence-corrected chi connectivity index (χ0v) is 12.9. The topological polar surface area (TPSA) is 86.5 Å². The quantitative estimate of drug-likeness (QED) is 0.310. The summed E-state index contributed by atoms with van der Waals surface area (Å²) in [4.78, 5) is 35.2. The van der Waals surface area contributed by atoms with Gasteiger partial charge in [-0.15, -0.1) is 0 Å². The van der Waals surface area contributed by atoms with E-state index in [1.807, 2.05) is 0 Å². The van der Waals surface area contributed by atoms with E-state index in [4.69, 9.17) is 10.5 Å². The largest absolute Gasteiger partial charge is 0.456 e. The van der Waals surface area contributed by atoms with E-state index in [0.29, 0.717) is 5.56 Å². The first-order valence-electron chi connectivity index (χ1n) is 7.59. The predicted molar refractivity (Wildman–Crippen MR) is 83.5 cm³/mol. The summed E-state index contributed by atoms with van der Waals surface area (Å²) < 4.78 is 4.83. The van der Waals surface area contributed by atoms with E-state index >= 15 is 0 Å². The van der Waals surface area contributed by atoms with Crippen molar-refractivity contribution in [3.8, 4) is 0 Å². The Hall–Kier alpha value is -2.01. The molecule has 120 valence electrons. The first kappa shape index (κ1) is 18.0. The number of hydrogen-bond donors (Lipinski definition) is 1. The first-order valence-corrected chi connectivity index (χ1v) is 7.59. The number of carbonyl (C=O) groups is 3. The van der Waals surface area contributed by atoms with Crippen LogP contribution in [0.2, 0.25) is 0 Å². The van der Waals surface area contributed by atoms with E-state index in [0.717, 1.165) is 25.7 Å². The Labute approximate surface area is 130 Å². The molecule has 2 N–H and O–H groups in total. The molecule has 0 aliphatic carbocycles. The molecular weight excluding hydrogens is 282 g/mol. The number of esters is 1. The summed E-state index contributed by atoms with van der Waals surface area (Å²) in [6.45, 7) is 1.67. The molecule has 0 bridgehead atoms. The van der Waals surface area contributed by atoms with Gasteiger partial charge in [0.25, 0.3) is 0 Å². The molecule has 0 spiro atoms. The molecule has 0 saturated carbocycles. The molecule has 0 saturated heterocycles. The van der Waals surface area contributed by atoms with Gasteiger partial charge in [-0.25, -0.2) is 4.79 Å². The maximum absolute atomic E-state index is 11.8. The third-order valence-electron chi connectivity index (χ3n) is 3.32. The van der Waals surface area contributed by atoms with Crippen molar-refractivity contribution in [2.45, 2.75) is 45.1 Å². The van der Waals surface area contributed by atoms with Crippen LogP contribution in [0.3, 0.4) is 0 Å². The van der Waals surface area contributed by atoms with Gasteiger partial charge in [0, 0.05) is 12.0 Å². The minimum absolute atomic E-state index is 0.267. The fourth-order valence-electron chi connectivity index (χ4n) is 1.95. The van der Waals surface area contributed by atoms with Crippen molar-refractivity contribution >= 4 is 17.5 Å². The van der Waals surface area contributed by atoms with Crippen LogP contribution in [-0.4, -0.2) is 30.2 Å². The van der Waals surface area contributed by atoms with Gasteiger partial charge in [0.1, 0.15) is 0 Å². The molecule has 0 fully saturated rings. The van der Waals surface area contributed by atoms with E-state index in [-0.39, 0.29) is 18.0 Å². The highest BCUT2D eigenvalue weighted by molar-refractivity contribution is 6.04. The summed E-state index contributed by atoms with van der Waals surface area (Å²) in [7, 11) is 0. The van der Waals surface area contributed by atoms with Crippen molar-refractivity contribution in [3.05, 3.63) is 35.9 Å². The molecule has 0 aliphatic heterocycles. The zero-order chi connectivity index (χ0) is 16.4. The second kappa shape index (κ2) is 9.84. The number of unbranched alkanes of at least 4 members (excludes halogenated alkanes) is 3. The predicted octanol–water partition coefficient (Wildman–Crippen LogP) is 2.28. The van der Waals surface area contributed by atoms with Crippen LogP contribution in [0.1, 0.15) is 49.4 Å². The fraction of sp³-hybridized carbons (Fsp3) is 0.471. The molecule has 1 unspecified atom stereocenters. The van der Waals surface area contributed by atoms with E-state index in [1.54, 1.807) is 30.3 Å². The van der Waals surface area contributed by atoms with Crippen molar-refractivity contribution in [2.24, 2.45) is 5.73 Å². The SMILES string of the molecule is CCCCCCC(=O)C(N)C(=O)OCC(=O)c1ccccc1. The molecule has 22 heavy (non-hydrogen) atoms. The second-order valence-corrected chi connectivity index (χ2v) is 5.15. The second-order valence-electron chi connectivity index (χ2n) is 5.15. The number of rotatable bonds is 10. The Morgan fingerprint density at radius 2 is 1.77 bits per heavy atom. The van der Waals surface area contributed by atoms with Crippen LogP contribution < -0.4 is 5.73 Å². The molecule has 0 aliphatic rings. The van der Waals surface area contributed by atoms with Gasteiger partial charge in [0.05, 0.1) is 0 Å². The minimum atomic E-state index is -1.30. The maximum Gasteiger partial charge on any atom is 0.331 e. The zero-order valence-electron chi connectivity index (χ0n) is 12.9. The van der Waals surface area contributed by atoms with Crippen molar-refractivity contribution in [1.82, 2.24) is 0 Å². The lowest BCUT2D eigenvalue weighted by molar-refractivity contribution is -0.147. The average molecular weight is 305 g/mol. The van der Waals surface area contributed by atoms with Gasteiger partial charge in [-0.3, -0.25) is 9.59 Å². The molecule has 1 aromatic carbocycles. The van der Waals surface area contributed by atoms with Gasteiger partial charge in [0.2, 0.25) is 0 Å². The van der Waals surface area contributed by atoms with Gasteiger partial charge < -0.3 is 10.5 Å². The van der Waals surface area contributed by atoms with Crippen molar-refractivity contribution < 1.29 is 19.1 Å². The standard InChI is InChI=1S/C17H23NO4/c1-2-3-4-8-11-14(19)16(18)17(21)22-12-15(20)13-9-6-5-7-10-13/h5-7,9-10,16H,2-4,8,11-12,18H2,1H3. The van der Waals surface area contributed by atoms with Crippen LogP contribution >= 0.6 is 0 Å². The van der Waals surface area contributed by atoms with E-state index in [2.05, 4.69) is 6.92 Å². The Morgan fingerprint density at radius 3 is 2.41 bits per heavy atom. The van der Waals surface area contributed by atoms with Crippen LogP contribution in [0.5, 0.6) is 0 Å². The molecule has 1 aromatic rings. The Balaban J connectivity index is 2.34. The lowest BCUT2D eigenvalue weighted by Crippen LogP contribution is -2.40. The molecule has 0 heterocycles. The monoisotopic (exact) mass is 305 g/mol. The number of ketones is 2. The van der Waals surface area contributed by atoms with Crippen molar-refractivity contribution in [3.63, 3.8) is 0 Å². The Kier molecular flexibility index (Phi) is 8.07. The molecule has 1 atom stereocenters. The van der Waals surface area contributed by atoms with Gasteiger partial charge in [-0.2, -0.15) is 0 Å². The third-order valence-corrected chi connectivity index (χ3v) is 3.32.